The van der Waals surface area contributed by atoms with Gasteiger partial charge in [0.25, 0.3) is 5.91 Å². The van der Waals surface area contributed by atoms with Gasteiger partial charge in [0.05, 0.1) is 5.69 Å². The number of carbonyl (C=O) groups excluding carboxylic acids is 1. The largest absolute Gasteiger partial charge is 0.332 e. The van der Waals surface area contributed by atoms with Gasteiger partial charge >= 0.3 is 0 Å². The molecule has 162 valence electrons. The number of aromatic nitrogens is 3. The fourth-order valence-electron chi connectivity index (χ4n) is 3.41. The van der Waals surface area contributed by atoms with Crippen LogP contribution in [-0.4, -0.2) is 26.0 Å². The van der Waals surface area contributed by atoms with Crippen LogP contribution < -0.4 is 10.6 Å². The number of nitrogens with one attached hydrogen (secondary N) is 2. The summed E-state index contributed by atoms with van der Waals surface area (Å²) in [4.78, 5) is 14.0. The molecule has 2 N–H and O–H groups in total. The first-order valence-corrected chi connectivity index (χ1v) is 11.1. The van der Waals surface area contributed by atoms with Crippen LogP contribution in [0, 0.1) is 6.92 Å². The minimum absolute atomic E-state index is 0.233. The van der Waals surface area contributed by atoms with E-state index in [9.17, 15) is 4.79 Å². The molecule has 6 nitrogen and oxygen atoms in total. The van der Waals surface area contributed by atoms with Crippen molar-refractivity contribution in [1.29, 1.82) is 0 Å². The van der Waals surface area contributed by atoms with Gasteiger partial charge in [0.2, 0.25) is 0 Å². The Kier molecular flexibility index (Phi) is 6.56. The molecule has 32 heavy (non-hydrogen) atoms. The van der Waals surface area contributed by atoms with Gasteiger partial charge in [0.15, 0.2) is 5.11 Å². The second-order valence-electron chi connectivity index (χ2n) is 7.69. The third-order valence-electron chi connectivity index (χ3n) is 5.22. The minimum Gasteiger partial charge on any atom is -0.332 e. The highest BCUT2D eigenvalue weighted by atomic mass is 32.1. The van der Waals surface area contributed by atoms with Crippen molar-refractivity contribution in [3.8, 4) is 5.69 Å². The van der Waals surface area contributed by atoms with Crippen molar-refractivity contribution in [3.63, 3.8) is 0 Å². The summed E-state index contributed by atoms with van der Waals surface area (Å²) in [7, 11) is 0. The van der Waals surface area contributed by atoms with E-state index in [1.54, 1.807) is 16.9 Å². The van der Waals surface area contributed by atoms with Gasteiger partial charge in [-0.15, -0.1) is 10.2 Å². The maximum atomic E-state index is 12.3. The SMILES string of the molecule is CCCCc1ccc(-n2nc3cc(C)c(NC(=S)NC(=O)c4ccccc4)cc3n2)cc1. The Balaban J connectivity index is 1.50. The molecule has 0 bridgehead atoms. The van der Waals surface area contributed by atoms with Crippen molar-refractivity contribution in [2.45, 2.75) is 33.1 Å². The molecule has 4 aromatic rings. The monoisotopic (exact) mass is 443 g/mol. The maximum absolute atomic E-state index is 12.3. The number of carbonyl (C=O) groups is 1. The molecule has 1 heterocycles. The van der Waals surface area contributed by atoms with Crippen molar-refractivity contribution in [3.05, 3.63) is 83.4 Å². The first-order valence-electron chi connectivity index (χ1n) is 10.7. The second-order valence-corrected chi connectivity index (χ2v) is 8.10. The number of anilines is 1. The summed E-state index contributed by atoms with van der Waals surface area (Å²) in [6.07, 6.45) is 3.45. The molecular formula is C25H25N5OS. The summed E-state index contributed by atoms with van der Waals surface area (Å²) in [5.41, 5.74) is 6.05. The summed E-state index contributed by atoms with van der Waals surface area (Å²) >= 11 is 5.33. The standard InChI is InChI=1S/C25H25N5OS/c1-3-4-8-18-11-13-20(14-12-18)30-28-22-15-17(2)21(16-23(22)29-30)26-25(32)27-24(31)19-9-6-5-7-10-19/h5-7,9-16H,3-4,8H2,1-2H3,(H2,26,27,31,32). The number of unbranched alkanes of at least 4 members (excludes halogenated alkanes) is 1. The van der Waals surface area contributed by atoms with Crippen LogP contribution in [0.5, 0.6) is 0 Å². The average Bonchev–Trinajstić information content (AvgIpc) is 3.21. The van der Waals surface area contributed by atoms with Crippen LogP contribution >= 0.6 is 12.2 Å². The molecule has 7 heteroatoms. The molecule has 0 saturated heterocycles. The minimum atomic E-state index is -0.254. The van der Waals surface area contributed by atoms with Gasteiger partial charge in [0.1, 0.15) is 11.0 Å². The topological polar surface area (TPSA) is 71.8 Å². The van der Waals surface area contributed by atoms with Crippen molar-refractivity contribution in [2.75, 3.05) is 5.32 Å². The smallest absolute Gasteiger partial charge is 0.257 e. The lowest BCUT2D eigenvalue weighted by atomic mass is 10.1. The van der Waals surface area contributed by atoms with E-state index in [1.807, 2.05) is 49.4 Å². The fourth-order valence-corrected chi connectivity index (χ4v) is 3.62. The predicted molar refractivity (Wildman–Crippen MR) is 132 cm³/mol. The normalized spacial score (nSPS) is 10.8. The number of nitrogens with zero attached hydrogens (tertiary/aromatic N) is 3. The molecule has 1 amide bonds. The Morgan fingerprint density at radius 1 is 1.00 bits per heavy atom. The number of fused-ring (bicyclic) bond motifs is 1. The third kappa shape index (κ3) is 5.00. The zero-order valence-electron chi connectivity index (χ0n) is 18.1. The molecule has 4 rings (SSSR count). The zero-order chi connectivity index (χ0) is 22.5. The Bertz CT molecular complexity index is 1250. The molecule has 0 aliphatic rings. The van der Waals surface area contributed by atoms with Crippen LogP contribution in [0.4, 0.5) is 5.69 Å². The first-order chi connectivity index (χ1) is 15.5. The summed E-state index contributed by atoms with van der Waals surface area (Å²) < 4.78 is 0. The van der Waals surface area contributed by atoms with Gasteiger partial charge in [-0.05, 0) is 79.5 Å². The molecule has 0 aliphatic heterocycles. The molecule has 0 atom stereocenters. The molecule has 0 saturated carbocycles. The molecule has 0 unspecified atom stereocenters. The van der Waals surface area contributed by atoms with Crippen molar-refractivity contribution < 1.29 is 4.79 Å². The lowest BCUT2D eigenvalue weighted by Gasteiger charge is -2.11. The van der Waals surface area contributed by atoms with E-state index in [0.717, 1.165) is 34.4 Å². The van der Waals surface area contributed by atoms with E-state index in [4.69, 9.17) is 12.2 Å². The van der Waals surface area contributed by atoms with E-state index < -0.39 is 0 Å². The van der Waals surface area contributed by atoms with E-state index in [-0.39, 0.29) is 11.0 Å². The predicted octanol–water partition coefficient (Wildman–Crippen LogP) is 5.20. The van der Waals surface area contributed by atoms with E-state index in [2.05, 4.69) is 39.9 Å². The number of thiocarbonyl (C=S) groups is 1. The Morgan fingerprint density at radius 3 is 2.38 bits per heavy atom. The quantitative estimate of drug-likeness (QED) is 0.401. The Labute approximate surface area is 192 Å². The van der Waals surface area contributed by atoms with Crippen molar-refractivity contribution >= 4 is 40.0 Å². The molecule has 0 fully saturated rings. The number of benzene rings is 3. The van der Waals surface area contributed by atoms with Gasteiger partial charge < -0.3 is 5.32 Å². The molecule has 0 radical (unpaired) electrons. The van der Waals surface area contributed by atoms with Gasteiger partial charge in [-0.1, -0.05) is 43.7 Å². The van der Waals surface area contributed by atoms with Gasteiger partial charge in [-0.3, -0.25) is 10.1 Å². The fraction of sp³-hybridized carbons (Fsp3) is 0.200. The van der Waals surface area contributed by atoms with Crippen LogP contribution in [0.15, 0.2) is 66.7 Å². The summed E-state index contributed by atoms with van der Waals surface area (Å²) in [6.45, 7) is 4.16. The second kappa shape index (κ2) is 9.70. The van der Waals surface area contributed by atoms with Crippen LogP contribution in [0.1, 0.15) is 41.3 Å². The molecule has 3 aromatic carbocycles. The summed E-state index contributed by atoms with van der Waals surface area (Å²) in [5.74, 6) is -0.254. The van der Waals surface area contributed by atoms with Crippen LogP contribution in [0.3, 0.4) is 0 Å². The van der Waals surface area contributed by atoms with E-state index >= 15 is 0 Å². The number of rotatable bonds is 6. The van der Waals surface area contributed by atoms with Crippen molar-refractivity contribution in [2.24, 2.45) is 0 Å². The molecular weight excluding hydrogens is 418 g/mol. The molecule has 0 spiro atoms. The van der Waals surface area contributed by atoms with Gasteiger partial charge in [-0.2, -0.15) is 4.80 Å². The number of hydrogen-bond acceptors (Lipinski definition) is 4. The number of amides is 1. The molecule has 1 aromatic heterocycles. The zero-order valence-corrected chi connectivity index (χ0v) is 18.9. The highest BCUT2D eigenvalue weighted by Gasteiger charge is 2.12. The first kappa shape index (κ1) is 21.6. The lowest BCUT2D eigenvalue weighted by Crippen LogP contribution is -2.34. The molecule has 0 aliphatic carbocycles. The maximum Gasteiger partial charge on any atom is 0.257 e. The summed E-state index contributed by atoms with van der Waals surface area (Å²) in [6, 6.07) is 21.2. The Morgan fingerprint density at radius 2 is 1.69 bits per heavy atom. The average molecular weight is 444 g/mol. The highest BCUT2D eigenvalue weighted by molar-refractivity contribution is 7.80. The number of hydrogen-bond donors (Lipinski definition) is 2. The van der Waals surface area contributed by atoms with Crippen LogP contribution in [0.25, 0.3) is 16.7 Å². The third-order valence-corrected chi connectivity index (χ3v) is 5.43. The summed E-state index contributed by atoms with van der Waals surface area (Å²) in [5, 5.41) is 15.3. The highest BCUT2D eigenvalue weighted by Crippen LogP contribution is 2.22. The number of aryl methyl sites for hydroxylation is 2. The Hall–Kier alpha value is -3.58. The van der Waals surface area contributed by atoms with Gasteiger partial charge in [-0.25, -0.2) is 0 Å². The van der Waals surface area contributed by atoms with Crippen LogP contribution in [-0.2, 0) is 6.42 Å². The van der Waals surface area contributed by atoms with E-state index in [1.165, 1.54) is 18.4 Å². The van der Waals surface area contributed by atoms with Crippen molar-refractivity contribution in [1.82, 2.24) is 20.3 Å². The lowest BCUT2D eigenvalue weighted by molar-refractivity contribution is 0.0977. The van der Waals surface area contributed by atoms with E-state index in [0.29, 0.717) is 5.56 Å². The van der Waals surface area contributed by atoms with Gasteiger partial charge in [0, 0.05) is 11.3 Å². The van der Waals surface area contributed by atoms with Crippen LogP contribution in [0.2, 0.25) is 0 Å².